The van der Waals surface area contributed by atoms with Crippen LogP contribution in [0.2, 0.25) is 0 Å². The predicted molar refractivity (Wildman–Crippen MR) is 117 cm³/mol. The summed E-state index contributed by atoms with van der Waals surface area (Å²) in [5.41, 5.74) is 4.12. The highest BCUT2D eigenvalue weighted by molar-refractivity contribution is 6.58. The first-order chi connectivity index (χ1) is 15.1. The maximum absolute atomic E-state index is 13.9. The Balaban J connectivity index is 1.27. The van der Waals surface area contributed by atoms with E-state index < -0.39 is 0 Å². The summed E-state index contributed by atoms with van der Waals surface area (Å²) < 4.78 is 13.9. The molecule has 8 heteroatoms. The van der Waals surface area contributed by atoms with Crippen molar-refractivity contribution in [2.45, 2.75) is 0 Å². The molecule has 0 amide bonds. The zero-order valence-electron chi connectivity index (χ0n) is 16.9. The van der Waals surface area contributed by atoms with Crippen molar-refractivity contribution >= 4 is 28.0 Å². The van der Waals surface area contributed by atoms with Gasteiger partial charge in [-0.15, -0.1) is 0 Å². The molecule has 1 aromatic heterocycles. The van der Waals surface area contributed by atoms with Gasteiger partial charge in [0.05, 0.1) is 11.3 Å². The number of hydrogen-bond donors (Lipinski definition) is 3. The molecular weight excluding hydrogens is 397 g/mol. The van der Waals surface area contributed by atoms with E-state index in [-0.39, 0.29) is 11.7 Å². The predicted octanol–water partition coefficient (Wildman–Crippen LogP) is 2.77. The van der Waals surface area contributed by atoms with Gasteiger partial charge in [0.25, 0.3) is 0 Å². The van der Waals surface area contributed by atoms with E-state index in [9.17, 15) is 9.50 Å². The molecule has 7 nitrogen and oxygen atoms in total. The summed E-state index contributed by atoms with van der Waals surface area (Å²) in [6, 6.07) is 12.0. The van der Waals surface area contributed by atoms with E-state index in [0.717, 1.165) is 44.0 Å². The van der Waals surface area contributed by atoms with Gasteiger partial charge < -0.3 is 20.2 Å². The van der Waals surface area contributed by atoms with Crippen LogP contribution in [-0.4, -0.2) is 65.7 Å². The zero-order valence-corrected chi connectivity index (χ0v) is 16.9. The van der Waals surface area contributed by atoms with Crippen molar-refractivity contribution in [1.82, 2.24) is 15.2 Å². The summed E-state index contributed by atoms with van der Waals surface area (Å²) in [5.74, 6) is -0.451. The van der Waals surface area contributed by atoms with Crippen molar-refractivity contribution < 1.29 is 14.3 Å². The molecule has 6 rings (SSSR count). The van der Waals surface area contributed by atoms with Gasteiger partial charge in [0.2, 0.25) is 0 Å². The minimum Gasteiger partial charge on any atom is -0.494 e. The van der Waals surface area contributed by atoms with Crippen LogP contribution in [0, 0.1) is 11.2 Å². The number of aromatic amines is 1. The minimum atomic E-state index is -0.382. The highest BCUT2D eigenvalue weighted by atomic mass is 19.1. The topological polar surface area (TPSA) is 85.2 Å². The van der Waals surface area contributed by atoms with Crippen molar-refractivity contribution in [1.29, 1.82) is 0 Å². The summed E-state index contributed by atoms with van der Waals surface area (Å²) in [6.07, 6.45) is 0. The first kappa shape index (κ1) is 18.5. The van der Waals surface area contributed by atoms with Crippen LogP contribution in [0.15, 0.2) is 52.6 Å². The number of hydrogen-bond acceptors (Lipinski definition) is 6. The second-order valence-corrected chi connectivity index (χ2v) is 8.60. The van der Waals surface area contributed by atoms with Crippen molar-refractivity contribution in [3.8, 4) is 5.88 Å². The van der Waals surface area contributed by atoms with E-state index >= 15 is 0 Å². The first-order valence-corrected chi connectivity index (χ1v) is 10.4. The third-order valence-electron chi connectivity index (χ3n) is 6.37. The molecular formula is C23H22FN5O2. The number of para-hydroxylation sites is 1. The highest BCUT2D eigenvalue weighted by Gasteiger charge is 2.47. The Hall–Kier alpha value is -3.23. The van der Waals surface area contributed by atoms with Crippen LogP contribution in [0.1, 0.15) is 11.1 Å². The first-order valence-electron chi connectivity index (χ1n) is 10.4. The van der Waals surface area contributed by atoms with E-state index in [1.54, 1.807) is 6.07 Å². The summed E-state index contributed by atoms with van der Waals surface area (Å²) in [7, 11) is 0. The number of H-pyrrole nitrogens is 1. The lowest BCUT2D eigenvalue weighted by Crippen LogP contribution is -2.71. The van der Waals surface area contributed by atoms with Crippen LogP contribution in [0.4, 0.5) is 10.1 Å². The lowest BCUT2D eigenvalue weighted by atomic mass is 9.74. The van der Waals surface area contributed by atoms with Crippen molar-refractivity contribution in [2.75, 3.05) is 39.3 Å². The minimum absolute atomic E-state index is 0.0696. The van der Waals surface area contributed by atoms with Crippen LogP contribution in [0.5, 0.6) is 5.88 Å². The Kier molecular flexibility index (Phi) is 4.12. The number of halogens is 1. The summed E-state index contributed by atoms with van der Waals surface area (Å²) in [6.45, 7) is 5.71. The summed E-state index contributed by atoms with van der Waals surface area (Å²) >= 11 is 0. The number of aliphatic imine (C=N–C) groups is 1. The van der Waals surface area contributed by atoms with Gasteiger partial charge in [-0.2, -0.15) is 0 Å². The number of likely N-dealkylation sites (tertiary alicyclic amines) is 1. The van der Waals surface area contributed by atoms with Gasteiger partial charge in [0.15, 0.2) is 5.88 Å². The Bertz CT molecular complexity index is 1240. The van der Waals surface area contributed by atoms with E-state index in [2.05, 4.69) is 25.3 Å². The third-order valence-corrected chi connectivity index (χ3v) is 6.37. The smallest absolute Gasteiger partial charge is 0.199 e. The van der Waals surface area contributed by atoms with Crippen LogP contribution < -0.4 is 5.32 Å². The molecule has 0 radical (unpaired) electrons. The fraction of sp³-hybridized carbons (Fsp3) is 0.304. The molecule has 0 atom stereocenters. The van der Waals surface area contributed by atoms with Gasteiger partial charge >= 0.3 is 0 Å². The molecule has 2 saturated heterocycles. The lowest BCUT2D eigenvalue weighted by molar-refractivity contribution is -0.0512. The van der Waals surface area contributed by atoms with Crippen LogP contribution in [0.3, 0.4) is 0 Å². The molecule has 0 aliphatic carbocycles. The number of nitrogens with zero attached hydrogens (tertiary/aromatic N) is 3. The normalized spacial score (nSPS) is 20.5. The van der Waals surface area contributed by atoms with Crippen molar-refractivity contribution in [3.05, 3.63) is 59.4 Å². The summed E-state index contributed by atoms with van der Waals surface area (Å²) in [5, 5.41) is 18.9. The largest absolute Gasteiger partial charge is 0.494 e. The van der Waals surface area contributed by atoms with E-state index in [0.29, 0.717) is 39.9 Å². The Morgan fingerprint density at radius 1 is 1.19 bits per heavy atom. The quantitative estimate of drug-likeness (QED) is 0.439. The van der Waals surface area contributed by atoms with Gasteiger partial charge in [0.1, 0.15) is 23.8 Å². The van der Waals surface area contributed by atoms with Crippen LogP contribution in [-0.2, 0) is 4.84 Å². The number of aromatic hydroxyl groups is 1. The number of nitrogens with one attached hydrogen (secondary N) is 2. The van der Waals surface area contributed by atoms with E-state index in [4.69, 9.17) is 4.84 Å². The maximum atomic E-state index is 13.9. The molecule has 158 valence electrons. The van der Waals surface area contributed by atoms with Crippen LogP contribution in [0.25, 0.3) is 10.9 Å². The molecule has 0 unspecified atom stereocenters. The standard InChI is InChI=1S/C23H22FN5O2/c24-14-5-6-18-16(9-14)19(22(30)27-18)21-20(15-3-1-2-4-17(15)26-21)28-31-8-7-29-12-23(13-29)10-25-11-23/h1-6,9,25,27,30H,7-8,10-13H2. The Morgan fingerprint density at radius 3 is 2.84 bits per heavy atom. The highest BCUT2D eigenvalue weighted by Crippen LogP contribution is 2.36. The SMILES string of the molecule is Oc1[nH]c2ccc(F)cc2c1C1=Nc2ccccc2C1=NOCCN1CC2(CNC2)C1. The van der Waals surface area contributed by atoms with Gasteiger partial charge in [-0.3, -0.25) is 4.90 Å². The van der Waals surface area contributed by atoms with Crippen molar-refractivity contribution in [2.24, 2.45) is 15.6 Å². The molecule has 1 spiro atoms. The van der Waals surface area contributed by atoms with Gasteiger partial charge in [-0.05, 0) is 24.3 Å². The Morgan fingerprint density at radius 2 is 2.03 bits per heavy atom. The molecule has 0 bridgehead atoms. The molecule has 2 fully saturated rings. The summed E-state index contributed by atoms with van der Waals surface area (Å²) in [4.78, 5) is 15.6. The molecule has 31 heavy (non-hydrogen) atoms. The number of aromatic nitrogens is 1. The lowest BCUT2D eigenvalue weighted by Gasteiger charge is -2.56. The molecule has 3 aliphatic heterocycles. The zero-order chi connectivity index (χ0) is 21.0. The number of benzene rings is 2. The molecule has 4 heterocycles. The number of rotatable bonds is 5. The average Bonchev–Trinajstić information content (AvgIpc) is 3.21. The van der Waals surface area contributed by atoms with Crippen molar-refractivity contribution in [3.63, 3.8) is 0 Å². The van der Waals surface area contributed by atoms with E-state index in [1.165, 1.54) is 12.1 Å². The van der Waals surface area contributed by atoms with Gasteiger partial charge in [0, 0.05) is 54.6 Å². The fourth-order valence-corrected chi connectivity index (χ4v) is 4.77. The molecule has 3 N–H and O–H groups in total. The Labute approximate surface area is 178 Å². The van der Waals surface area contributed by atoms with Gasteiger partial charge in [-0.25, -0.2) is 9.38 Å². The van der Waals surface area contributed by atoms with Crippen LogP contribution >= 0.6 is 0 Å². The molecule has 3 aromatic rings. The van der Waals surface area contributed by atoms with Gasteiger partial charge in [-0.1, -0.05) is 23.4 Å². The van der Waals surface area contributed by atoms with E-state index in [1.807, 2.05) is 24.3 Å². The second kappa shape index (κ2) is 6.90. The monoisotopic (exact) mass is 419 g/mol. The number of fused-ring (bicyclic) bond motifs is 2. The molecule has 3 aliphatic rings. The third kappa shape index (κ3) is 3.02. The molecule has 0 saturated carbocycles. The fourth-order valence-electron chi connectivity index (χ4n) is 4.77. The number of oxime groups is 1. The average molecular weight is 419 g/mol. The second-order valence-electron chi connectivity index (χ2n) is 8.60. The maximum Gasteiger partial charge on any atom is 0.199 e. The molecule has 2 aromatic carbocycles.